The first-order chi connectivity index (χ1) is 20.1. The molecular weight excluding hydrogens is 518 g/mol. The number of rotatable bonds is 6. The van der Waals surface area contributed by atoms with Crippen molar-refractivity contribution in [3.63, 3.8) is 0 Å². The summed E-state index contributed by atoms with van der Waals surface area (Å²) in [6.45, 7) is 4.90. The lowest BCUT2D eigenvalue weighted by Crippen LogP contribution is -2.43. The number of para-hydroxylation sites is 1. The third-order valence-corrected chi connectivity index (χ3v) is 8.16. The lowest BCUT2D eigenvalue weighted by molar-refractivity contribution is 0.0564. The van der Waals surface area contributed by atoms with E-state index in [1.165, 1.54) is 0 Å². The van der Waals surface area contributed by atoms with Crippen LogP contribution in [0.15, 0.2) is 60.9 Å². The van der Waals surface area contributed by atoms with Gasteiger partial charge in [0.2, 0.25) is 0 Å². The van der Waals surface area contributed by atoms with Gasteiger partial charge in [0, 0.05) is 60.1 Å². The number of H-pyrrole nitrogens is 1. The Morgan fingerprint density at radius 2 is 1.90 bits per heavy atom. The van der Waals surface area contributed by atoms with Gasteiger partial charge in [-0.1, -0.05) is 31.2 Å². The predicted molar refractivity (Wildman–Crippen MR) is 159 cm³/mol. The molecule has 2 aliphatic rings. The van der Waals surface area contributed by atoms with Crippen LogP contribution in [-0.2, 0) is 4.74 Å². The lowest BCUT2D eigenvalue weighted by Gasteiger charge is -2.28. The molecule has 0 saturated carbocycles. The number of methoxy groups -OCH3 is 1. The van der Waals surface area contributed by atoms with Gasteiger partial charge in [-0.3, -0.25) is 4.79 Å². The summed E-state index contributed by atoms with van der Waals surface area (Å²) in [5.74, 6) is 0.724. The number of nitrogens with zero attached hydrogens (tertiary/aromatic N) is 3. The number of pyridine rings is 1. The molecule has 41 heavy (non-hydrogen) atoms. The van der Waals surface area contributed by atoms with Crippen LogP contribution in [-0.4, -0.2) is 77.7 Å². The summed E-state index contributed by atoms with van der Waals surface area (Å²) in [4.78, 5) is 38.7. The van der Waals surface area contributed by atoms with Gasteiger partial charge < -0.3 is 29.6 Å². The van der Waals surface area contributed by atoms with E-state index in [1.54, 1.807) is 12.0 Å². The minimum atomic E-state index is -0.222. The van der Waals surface area contributed by atoms with Gasteiger partial charge in [0.15, 0.2) is 0 Å². The summed E-state index contributed by atoms with van der Waals surface area (Å²) in [6, 6.07) is 15.6. The number of likely N-dealkylation sites (tertiary alicyclic amines) is 1. The maximum Gasteiger partial charge on any atom is 0.322 e. The molecule has 2 fully saturated rings. The molecule has 2 N–H and O–H groups in total. The zero-order valence-corrected chi connectivity index (χ0v) is 23.5. The zero-order valence-electron chi connectivity index (χ0n) is 23.5. The number of hydrogen-bond acceptors (Lipinski definition) is 5. The fourth-order valence-corrected chi connectivity index (χ4v) is 5.90. The number of ether oxygens (including phenoxy) is 2. The zero-order chi connectivity index (χ0) is 28.3. The average molecular weight is 554 g/mol. The lowest BCUT2D eigenvalue weighted by atomic mass is 9.99. The Kier molecular flexibility index (Phi) is 7.61. The second kappa shape index (κ2) is 11.6. The molecule has 2 aromatic carbocycles. The molecule has 9 heteroatoms. The van der Waals surface area contributed by atoms with Crippen molar-refractivity contribution in [2.24, 2.45) is 0 Å². The Labute approximate surface area is 239 Å². The quantitative estimate of drug-likeness (QED) is 0.315. The minimum Gasteiger partial charge on any atom is -0.496 e. The summed E-state index contributed by atoms with van der Waals surface area (Å²) >= 11 is 0. The third-order valence-electron chi connectivity index (χ3n) is 8.16. The molecular formula is C32H35N5O4. The Hall–Kier alpha value is -4.37. The van der Waals surface area contributed by atoms with E-state index >= 15 is 0 Å². The Balaban J connectivity index is 1.39. The molecule has 2 aromatic heterocycles. The number of carbonyl (C=O) groups excluding carboxylic acids is 2. The van der Waals surface area contributed by atoms with E-state index in [4.69, 9.17) is 9.47 Å². The van der Waals surface area contributed by atoms with Gasteiger partial charge in [0.05, 0.1) is 31.6 Å². The van der Waals surface area contributed by atoms with Crippen LogP contribution in [0, 0.1) is 0 Å². The van der Waals surface area contributed by atoms with E-state index in [-0.39, 0.29) is 18.0 Å². The molecule has 0 aliphatic carbocycles. The van der Waals surface area contributed by atoms with Gasteiger partial charge in [0.1, 0.15) is 11.4 Å². The highest BCUT2D eigenvalue weighted by atomic mass is 16.5. The van der Waals surface area contributed by atoms with E-state index in [0.29, 0.717) is 37.6 Å². The number of nitrogens with one attached hydrogen (secondary N) is 2. The number of anilines is 1. The van der Waals surface area contributed by atoms with Crippen molar-refractivity contribution in [3.8, 4) is 28.0 Å². The number of urea groups is 1. The molecule has 6 rings (SSSR count). The highest BCUT2D eigenvalue weighted by Gasteiger charge is 2.30. The topological polar surface area (TPSA) is 99.8 Å². The molecule has 0 spiro atoms. The largest absolute Gasteiger partial charge is 0.496 e. The molecule has 212 valence electrons. The monoisotopic (exact) mass is 553 g/mol. The van der Waals surface area contributed by atoms with E-state index in [0.717, 1.165) is 64.8 Å². The van der Waals surface area contributed by atoms with Gasteiger partial charge in [-0.05, 0) is 49.1 Å². The normalized spacial score (nSPS) is 17.2. The fraction of sp³-hybridized carbons (Fsp3) is 0.344. The van der Waals surface area contributed by atoms with Crippen molar-refractivity contribution in [2.75, 3.05) is 45.3 Å². The van der Waals surface area contributed by atoms with Crippen molar-refractivity contribution >= 4 is 28.7 Å². The Morgan fingerprint density at radius 3 is 2.71 bits per heavy atom. The second-order valence-corrected chi connectivity index (χ2v) is 10.5. The number of carbonyl (C=O) groups is 2. The number of aromatic amines is 1. The minimum absolute atomic E-state index is 0.0566. The first-order valence-electron chi connectivity index (χ1n) is 14.3. The van der Waals surface area contributed by atoms with E-state index in [1.807, 2.05) is 59.8 Å². The van der Waals surface area contributed by atoms with Crippen LogP contribution in [0.4, 0.5) is 10.5 Å². The highest BCUT2D eigenvalue weighted by molar-refractivity contribution is 6.05. The Bertz CT molecular complexity index is 1580. The number of hydrogen-bond donors (Lipinski definition) is 2. The van der Waals surface area contributed by atoms with Crippen LogP contribution in [0.1, 0.15) is 36.5 Å². The maximum atomic E-state index is 14.0. The van der Waals surface area contributed by atoms with Crippen LogP contribution < -0.4 is 10.1 Å². The molecule has 2 saturated heterocycles. The summed E-state index contributed by atoms with van der Waals surface area (Å²) in [6.07, 6.45) is 6.64. The average Bonchev–Trinajstić information content (AvgIpc) is 3.68. The molecule has 3 amide bonds. The van der Waals surface area contributed by atoms with Gasteiger partial charge in [-0.15, -0.1) is 0 Å². The summed E-state index contributed by atoms with van der Waals surface area (Å²) in [5.41, 5.74) is 5.46. The smallest absolute Gasteiger partial charge is 0.322 e. The summed E-state index contributed by atoms with van der Waals surface area (Å²) < 4.78 is 11.0. The molecule has 1 atom stereocenters. The first kappa shape index (κ1) is 26.8. The molecule has 9 nitrogen and oxygen atoms in total. The molecule has 0 radical (unpaired) electrons. The van der Waals surface area contributed by atoms with Crippen LogP contribution in [0.2, 0.25) is 0 Å². The van der Waals surface area contributed by atoms with E-state index < -0.39 is 0 Å². The van der Waals surface area contributed by atoms with E-state index in [9.17, 15) is 9.59 Å². The van der Waals surface area contributed by atoms with Gasteiger partial charge >= 0.3 is 6.03 Å². The predicted octanol–water partition coefficient (Wildman–Crippen LogP) is 5.78. The van der Waals surface area contributed by atoms with Crippen molar-refractivity contribution in [1.29, 1.82) is 0 Å². The first-order valence-corrected chi connectivity index (χ1v) is 14.3. The van der Waals surface area contributed by atoms with Crippen LogP contribution in [0.25, 0.3) is 33.3 Å². The van der Waals surface area contributed by atoms with Crippen LogP contribution in [0.5, 0.6) is 5.75 Å². The van der Waals surface area contributed by atoms with Crippen LogP contribution >= 0.6 is 0 Å². The summed E-state index contributed by atoms with van der Waals surface area (Å²) in [7, 11) is 1.67. The van der Waals surface area contributed by atoms with Gasteiger partial charge in [0.25, 0.3) is 5.91 Å². The highest BCUT2D eigenvalue weighted by Crippen LogP contribution is 2.37. The van der Waals surface area contributed by atoms with Crippen molar-refractivity contribution < 1.29 is 19.1 Å². The number of benzene rings is 2. The fourth-order valence-electron chi connectivity index (χ4n) is 5.90. The molecule has 0 unspecified atom stereocenters. The van der Waals surface area contributed by atoms with E-state index in [2.05, 4.69) is 28.3 Å². The molecule has 2 aliphatic heterocycles. The van der Waals surface area contributed by atoms with Crippen molar-refractivity contribution in [3.05, 3.63) is 66.5 Å². The molecule has 4 aromatic rings. The van der Waals surface area contributed by atoms with Gasteiger partial charge in [-0.25, -0.2) is 9.78 Å². The standard InChI is InChI=1S/C32H35N5O4/c1-3-23-7-6-12-37(23)31(38)26-17-21(10-11-28(26)35-32(39)36-13-15-41-16-14-36)22-18-25-27(20-34-30(25)33-19-22)24-8-4-5-9-29(24)40-2/h4-5,8-11,17-20,23H,3,6-7,12-16H2,1-2H3,(H,33,34)(H,35,39)/t23-/m1/s1. The van der Waals surface area contributed by atoms with Crippen LogP contribution in [0.3, 0.4) is 0 Å². The SMILES string of the molecule is CC[C@@H]1CCCN1C(=O)c1cc(-c2cnc3[nH]cc(-c4ccccc4OC)c3c2)ccc1NC(=O)N1CCOCC1. The number of morpholine rings is 1. The maximum absolute atomic E-state index is 14.0. The molecule has 4 heterocycles. The Morgan fingerprint density at radius 1 is 1.07 bits per heavy atom. The molecule has 0 bridgehead atoms. The van der Waals surface area contributed by atoms with Crippen molar-refractivity contribution in [2.45, 2.75) is 32.2 Å². The van der Waals surface area contributed by atoms with Crippen molar-refractivity contribution in [1.82, 2.24) is 19.8 Å². The number of fused-ring (bicyclic) bond motifs is 1. The number of aromatic nitrogens is 2. The third kappa shape index (κ3) is 5.25. The summed E-state index contributed by atoms with van der Waals surface area (Å²) in [5, 5.41) is 3.97. The number of amides is 3. The second-order valence-electron chi connectivity index (χ2n) is 10.5. The van der Waals surface area contributed by atoms with Gasteiger partial charge in [-0.2, -0.15) is 0 Å².